The zero-order valence-electron chi connectivity index (χ0n) is 61.5. The summed E-state index contributed by atoms with van der Waals surface area (Å²) in [4.78, 5) is 5.50. The smallest absolute Gasteiger partial charge is 0.252 e. The molecule has 15 aromatic rings. The molecular formula is C102H85BN2. The molecule has 2 nitrogen and oxygen atoms in total. The van der Waals surface area contributed by atoms with Crippen molar-refractivity contribution in [2.45, 2.75) is 78.6 Å². The third-order valence-corrected chi connectivity index (χ3v) is 21.8. The Morgan fingerprint density at radius 3 is 0.676 bits per heavy atom. The molecule has 0 saturated carbocycles. The number of anilines is 6. The minimum absolute atomic E-state index is 0.261. The molecule has 17 rings (SSSR count). The van der Waals surface area contributed by atoms with Crippen LogP contribution in [0.25, 0.3) is 111 Å². The van der Waals surface area contributed by atoms with Crippen molar-refractivity contribution in [3.63, 3.8) is 0 Å². The normalized spacial score (nSPS) is 12.6. The van der Waals surface area contributed by atoms with Crippen molar-refractivity contribution < 1.29 is 0 Å². The lowest BCUT2D eigenvalue weighted by molar-refractivity contribution is 0.590. The van der Waals surface area contributed by atoms with Crippen molar-refractivity contribution in [1.29, 1.82) is 0 Å². The molecule has 0 fully saturated rings. The second-order valence-electron chi connectivity index (χ2n) is 31.5. The van der Waals surface area contributed by atoms with Gasteiger partial charge in [-0.3, -0.25) is 0 Å². The first-order chi connectivity index (χ1) is 51.0. The molecule has 0 atom stereocenters. The highest BCUT2D eigenvalue weighted by molar-refractivity contribution is 7.00. The van der Waals surface area contributed by atoms with Gasteiger partial charge in [-0.05, 0) is 187 Å². The second-order valence-corrected chi connectivity index (χ2v) is 31.5. The van der Waals surface area contributed by atoms with E-state index >= 15 is 0 Å². The van der Waals surface area contributed by atoms with Crippen LogP contribution in [-0.2, 0) is 16.2 Å². The summed E-state index contributed by atoms with van der Waals surface area (Å²) in [6, 6.07) is 133. The first-order valence-corrected chi connectivity index (χ1v) is 37.2. The SMILES string of the molecule is CC(C)(C)c1cc(-c2ccccc2-c2ccccc2)c(N2c3ccc(-c4ccccc4)cc3B3c4cc(-c5ccccc5)ccc4N(c4c(-c5ccccc5-c5ccccc5)cc(C(C)(C)C)cc4-c4ccccc4-c4ccccc4)c4cc(C(C)(C)C)cc2c43)c(-c2ccccc2-c2ccccc2)c1. The molecule has 0 radical (unpaired) electrons. The lowest BCUT2D eigenvalue weighted by Crippen LogP contribution is -2.61. The third kappa shape index (κ3) is 12.1. The van der Waals surface area contributed by atoms with Crippen molar-refractivity contribution in [2.75, 3.05) is 9.80 Å². The lowest BCUT2D eigenvalue weighted by Gasteiger charge is -2.47. The zero-order chi connectivity index (χ0) is 71.7. The van der Waals surface area contributed by atoms with Crippen LogP contribution in [0.1, 0.15) is 79.0 Å². The molecule has 0 N–H and O–H groups in total. The number of nitrogens with zero attached hydrogens (tertiary/aromatic N) is 2. The molecule has 0 saturated heterocycles. The summed E-state index contributed by atoms with van der Waals surface area (Å²) in [7, 11) is 0. The van der Waals surface area contributed by atoms with Crippen molar-refractivity contribution >= 4 is 57.2 Å². The molecule has 3 heteroatoms. The molecular weight excluding hydrogens is 1260 g/mol. The Labute approximate surface area is 621 Å². The van der Waals surface area contributed by atoms with Crippen LogP contribution >= 0.6 is 0 Å². The predicted molar refractivity (Wildman–Crippen MR) is 451 cm³/mol. The van der Waals surface area contributed by atoms with E-state index < -0.39 is 0 Å². The minimum Gasteiger partial charge on any atom is -0.310 e. The van der Waals surface area contributed by atoms with Gasteiger partial charge in [0.15, 0.2) is 0 Å². The van der Waals surface area contributed by atoms with Crippen LogP contribution in [0.15, 0.2) is 352 Å². The Balaban J connectivity index is 1.09. The summed E-state index contributed by atoms with van der Waals surface area (Å²) < 4.78 is 0. The van der Waals surface area contributed by atoms with Gasteiger partial charge in [0.05, 0.1) is 11.4 Å². The molecule has 2 heterocycles. The first kappa shape index (κ1) is 66.2. The van der Waals surface area contributed by atoms with Crippen LogP contribution in [0.3, 0.4) is 0 Å². The molecule has 2 aliphatic heterocycles. The number of fused-ring (bicyclic) bond motifs is 4. The van der Waals surface area contributed by atoms with Gasteiger partial charge in [-0.2, -0.15) is 0 Å². The fraction of sp³-hybridized carbons (Fsp3) is 0.118. The van der Waals surface area contributed by atoms with Crippen molar-refractivity contribution in [2.24, 2.45) is 0 Å². The van der Waals surface area contributed by atoms with Crippen molar-refractivity contribution in [3.05, 3.63) is 369 Å². The van der Waals surface area contributed by atoms with Crippen molar-refractivity contribution in [3.8, 4) is 111 Å². The Hall–Kier alpha value is -12.0. The monoisotopic (exact) mass is 1350 g/mol. The standard InChI is InChI=1S/C102H85BN2/c1-100(2,3)76-62-87(83-52-32-28-48-79(83)70-40-20-12-21-41-70)98(88(63-76)84-53-33-29-49-80(84)71-42-22-13-23-43-71)104-93-58-56-74(68-36-16-10-17-37-68)60-91(93)103-92-61-75(69-38-18-11-19-39-69)57-59-94(92)105(96-67-78(102(7,8)9)66-95(104)97(96)103)99-89(85-54-34-30-50-81(85)72-44-24-14-25-45-72)64-77(101(4,5)6)65-90(99)86-55-35-31-51-82(86)73-46-26-15-27-47-73/h10-67H,1-9H3. The van der Waals surface area contributed by atoms with E-state index in [0.29, 0.717) is 0 Å². The summed E-state index contributed by atoms with van der Waals surface area (Å²) >= 11 is 0. The summed E-state index contributed by atoms with van der Waals surface area (Å²) in [5.74, 6) is 0. The summed E-state index contributed by atoms with van der Waals surface area (Å²) in [5.41, 5.74) is 36.7. The molecule has 0 unspecified atom stereocenters. The second kappa shape index (κ2) is 26.7. The van der Waals surface area contributed by atoms with Gasteiger partial charge in [-0.15, -0.1) is 0 Å². The van der Waals surface area contributed by atoms with Gasteiger partial charge >= 0.3 is 0 Å². The van der Waals surface area contributed by atoms with E-state index in [1.807, 2.05) is 0 Å². The van der Waals surface area contributed by atoms with Crippen molar-refractivity contribution in [1.82, 2.24) is 0 Å². The molecule has 0 amide bonds. The van der Waals surface area contributed by atoms with E-state index in [2.05, 4.69) is 424 Å². The van der Waals surface area contributed by atoms with Gasteiger partial charge in [0.1, 0.15) is 0 Å². The van der Waals surface area contributed by atoms with E-state index in [1.165, 1.54) is 99.8 Å². The Morgan fingerprint density at radius 1 is 0.190 bits per heavy atom. The quantitative estimate of drug-likeness (QED) is 0.113. The average Bonchev–Trinajstić information content (AvgIpc) is 0.684. The topological polar surface area (TPSA) is 6.48 Å². The van der Waals surface area contributed by atoms with Crippen LogP contribution in [0.4, 0.5) is 34.1 Å². The number of hydrogen-bond donors (Lipinski definition) is 0. The van der Waals surface area contributed by atoms with Crippen LogP contribution < -0.4 is 26.2 Å². The first-order valence-electron chi connectivity index (χ1n) is 37.2. The van der Waals surface area contributed by atoms with Gasteiger partial charge in [0.2, 0.25) is 0 Å². The molecule has 105 heavy (non-hydrogen) atoms. The largest absolute Gasteiger partial charge is 0.310 e. The maximum atomic E-state index is 2.75. The van der Waals surface area contributed by atoms with Crippen LogP contribution in [0.5, 0.6) is 0 Å². The highest BCUT2D eigenvalue weighted by atomic mass is 15.2. The van der Waals surface area contributed by atoms with Crippen LogP contribution in [-0.4, -0.2) is 6.71 Å². The fourth-order valence-electron chi connectivity index (χ4n) is 16.3. The Morgan fingerprint density at radius 2 is 0.419 bits per heavy atom. The van der Waals surface area contributed by atoms with E-state index in [9.17, 15) is 0 Å². The molecule has 506 valence electrons. The highest BCUT2D eigenvalue weighted by Gasteiger charge is 2.47. The van der Waals surface area contributed by atoms with Gasteiger partial charge < -0.3 is 9.80 Å². The zero-order valence-corrected chi connectivity index (χ0v) is 61.5. The highest BCUT2D eigenvalue weighted by Crippen LogP contribution is 2.58. The summed E-state index contributed by atoms with van der Waals surface area (Å²) in [6.45, 7) is 21.2. The van der Waals surface area contributed by atoms with Gasteiger partial charge in [-0.25, -0.2) is 0 Å². The minimum atomic E-state index is -0.351. The lowest BCUT2D eigenvalue weighted by atomic mass is 9.33. The third-order valence-electron chi connectivity index (χ3n) is 21.8. The Kier molecular flexibility index (Phi) is 16.8. The number of benzene rings is 15. The number of hydrogen-bond acceptors (Lipinski definition) is 2. The average molecular weight is 1350 g/mol. The summed E-state index contributed by atoms with van der Waals surface area (Å²) in [6.07, 6.45) is 0. The summed E-state index contributed by atoms with van der Waals surface area (Å²) in [5, 5.41) is 0. The van der Waals surface area contributed by atoms with E-state index in [-0.39, 0.29) is 23.0 Å². The molecule has 0 spiro atoms. The van der Waals surface area contributed by atoms with E-state index in [0.717, 1.165) is 78.6 Å². The fourth-order valence-corrected chi connectivity index (χ4v) is 16.3. The molecule has 2 aliphatic rings. The predicted octanol–water partition coefficient (Wildman–Crippen LogP) is 26.3. The van der Waals surface area contributed by atoms with E-state index in [1.54, 1.807) is 0 Å². The Bertz CT molecular complexity index is 5210. The molecule has 15 aromatic carbocycles. The maximum absolute atomic E-state index is 2.75. The molecule has 0 aromatic heterocycles. The number of rotatable bonds is 12. The maximum Gasteiger partial charge on any atom is 0.252 e. The van der Waals surface area contributed by atoms with Gasteiger partial charge in [0, 0.05) is 45.0 Å². The molecule has 0 bridgehead atoms. The van der Waals surface area contributed by atoms with Crippen LogP contribution in [0, 0.1) is 0 Å². The molecule has 0 aliphatic carbocycles. The van der Waals surface area contributed by atoms with Gasteiger partial charge in [0.25, 0.3) is 6.71 Å². The van der Waals surface area contributed by atoms with E-state index in [4.69, 9.17) is 0 Å². The van der Waals surface area contributed by atoms with Gasteiger partial charge in [-0.1, -0.05) is 366 Å². The van der Waals surface area contributed by atoms with Crippen LogP contribution in [0.2, 0.25) is 0 Å².